The van der Waals surface area contributed by atoms with E-state index >= 15 is 0 Å². The van der Waals surface area contributed by atoms with Gasteiger partial charge >= 0.3 is 0 Å². The first kappa shape index (κ1) is 16.8. The van der Waals surface area contributed by atoms with E-state index in [-0.39, 0.29) is 11.7 Å². The van der Waals surface area contributed by atoms with Gasteiger partial charge in [-0.1, -0.05) is 35.0 Å². The summed E-state index contributed by atoms with van der Waals surface area (Å²) in [5, 5.41) is 11.7. The van der Waals surface area contributed by atoms with Gasteiger partial charge in [0, 0.05) is 17.4 Å². The Morgan fingerprint density at radius 2 is 2.12 bits per heavy atom. The molecule has 9 heteroatoms. The van der Waals surface area contributed by atoms with Crippen molar-refractivity contribution < 1.29 is 9.21 Å². The van der Waals surface area contributed by atoms with Gasteiger partial charge in [0.15, 0.2) is 0 Å². The number of aromatic nitrogens is 3. The number of pyridine rings is 1. The Morgan fingerprint density at radius 3 is 2.88 bits per heavy atom. The van der Waals surface area contributed by atoms with E-state index < -0.39 is 0 Å². The summed E-state index contributed by atoms with van der Waals surface area (Å²) in [5.74, 6) is 0.213. The molecule has 1 aromatic carbocycles. The monoisotopic (exact) mass is 380 g/mol. The van der Waals surface area contributed by atoms with Gasteiger partial charge in [0.05, 0.1) is 22.0 Å². The second-order valence-corrected chi connectivity index (χ2v) is 6.35. The second kappa shape index (κ2) is 7.65. The minimum absolute atomic E-state index is 0.105. The standard InChI is InChI=1S/C15H10Cl2N4O2S/c16-10-3-4-12(11(17)6-10)19-13(22)8-24-15-21-20-14(23-15)9-2-1-5-18-7-9/h1-7H,8H2,(H,19,22). The molecule has 0 radical (unpaired) electrons. The third-order valence-corrected chi connectivity index (χ3v) is 4.21. The average Bonchev–Trinajstić information content (AvgIpc) is 3.05. The summed E-state index contributed by atoms with van der Waals surface area (Å²) in [7, 11) is 0. The van der Waals surface area contributed by atoms with Crippen LogP contribution in [0.15, 0.2) is 52.4 Å². The Bertz CT molecular complexity index is 858. The fraction of sp³-hybridized carbons (Fsp3) is 0.0667. The van der Waals surface area contributed by atoms with Gasteiger partial charge in [-0.15, -0.1) is 10.2 Å². The van der Waals surface area contributed by atoms with Crippen LogP contribution in [0.1, 0.15) is 0 Å². The quantitative estimate of drug-likeness (QED) is 0.668. The van der Waals surface area contributed by atoms with Crippen LogP contribution in [0.2, 0.25) is 10.0 Å². The fourth-order valence-corrected chi connectivity index (χ4v) is 2.80. The minimum Gasteiger partial charge on any atom is -0.411 e. The van der Waals surface area contributed by atoms with E-state index in [0.717, 1.165) is 11.8 Å². The smallest absolute Gasteiger partial charge is 0.277 e. The first-order valence-electron chi connectivity index (χ1n) is 6.73. The number of benzene rings is 1. The summed E-state index contributed by atoms with van der Waals surface area (Å²) >= 11 is 13.0. The van der Waals surface area contributed by atoms with Crippen LogP contribution in [-0.2, 0) is 4.79 Å². The molecule has 2 heterocycles. The molecule has 1 N–H and O–H groups in total. The molecule has 0 spiro atoms. The number of nitrogens with one attached hydrogen (secondary N) is 1. The Labute approximate surface area is 151 Å². The molecule has 0 unspecified atom stereocenters. The fourth-order valence-electron chi connectivity index (χ4n) is 1.78. The van der Waals surface area contributed by atoms with E-state index in [1.807, 2.05) is 6.07 Å². The summed E-state index contributed by atoms with van der Waals surface area (Å²) in [6.45, 7) is 0. The van der Waals surface area contributed by atoms with Crippen LogP contribution in [0.5, 0.6) is 0 Å². The molecule has 122 valence electrons. The van der Waals surface area contributed by atoms with Gasteiger partial charge in [0.25, 0.3) is 5.22 Å². The number of rotatable bonds is 5. The van der Waals surface area contributed by atoms with Gasteiger partial charge in [0.1, 0.15) is 0 Å². The lowest BCUT2D eigenvalue weighted by Crippen LogP contribution is -2.14. The van der Waals surface area contributed by atoms with Crippen molar-refractivity contribution in [3.63, 3.8) is 0 Å². The molecule has 0 aliphatic heterocycles. The molecular weight excluding hydrogens is 371 g/mol. The van der Waals surface area contributed by atoms with Crippen LogP contribution in [0.4, 0.5) is 5.69 Å². The van der Waals surface area contributed by atoms with Crippen LogP contribution < -0.4 is 5.32 Å². The first-order chi connectivity index (χ1) is 11.6. The predicted octanol–water partition coefficient (Wildman–Crippen LogP) is 4.17. The zero-order chi connectivity index (χ0) is 16.9. The Hall–Kier alpha value is -2.09. The highest BCUT2D eigenvalue weighted by molar-refractivity contribution is 7.99. The zero-order valence-corrected chi connectivity index (χ0v) is 14.4. The molecule has 0 saturated carbocycles. The van der Waals surface area contributed by atoms with Gasteiger partial charge < -0.3 is 9.73 Å². The number of carbonyl (C=O) groups excluding carboxylic acids is 1. The van der Waals surface area contributed by atoms with Gasteiger partial charge in [-0.25, -0.2) is 0 Å². The lowest BCUT2D eigenvalue weighted by Gasteiger charge is -2.06. The van der Waals surface area contributed by atoms with Gasteiger partial charge in [-0.3, -0.25) is 9.78 Å². The maximum absolute atomic E-state index is 12.0. The molecule has 24 heavy (non-hydrogen) atoms. The molecular formula is C15H10Cl2N4O2S. The van der Waals surface area contributed by atoms with Crippen molar-refractivity contribution in [3.8, 4) is 11.5 Å². The molecule has 0 bridgehead atoms. The molecule has 0 aliphatic rings. The van der Waals surface area contributed by atoms with Gasteiger partial charge in [0.2, 0.25) is 11.8 Å². The lowest BCUT2D eigenvalue weighted by molar-refractivity contribution is -0.113. The molecule has 1 amide bonds. The number of anilines is 1. The van der Waals surface area contributed by atoms with Crippen LogP contribution >= 0.6 is 35.0 Å². The van der Waals surface area contributed by atoms with E-state index in [2.05, 4.69) is 20.5 Å². The predicted molar refractivity (Wildman–Crippen MR) is 93.3 cm³/mol. The number of thioether (sulfide) groups is 1. The maximum Gasteiger partial charge on any atom is 0.277 e. The summed E-state index contributed by atoms with van der Waals surface area (Å²) < 4.78 is 5.49. The lowest BCUT2D eigenvalue weighted by atomic mass is 10.3. The normalized spacial score (nSPS) is 10.6. The highest BCUT2D eigenvalue weighted by atomic mass is 35.5. The van der Waals surface area contributed by atoms with Gasteiger partial charge in [-0.05, 0) is 30.3 Å². The van der Waals surface area contributed by atoms with E-state index in [9.17, 15) is 4.79 Å². The molecule has 3 aromatic rings. The second-order valence-electron chi connectivity index (χ2n) is 4.58. The zero-order valence-electron chi connectivity index (χ0n) is 12.1. The van der Waals surface area contributed by atoms with Crippen molar-refractivity contribution in [1.29, 1.82) is 0 Å². The molecule has 6 nitrogen and oxygen atoms in total. The Balaban J connectivity index is 1.58. The van der Waals surface area contributed by atoms with Crippen molar-refractivity contribution in [2.24, 2.45) is 0 Å². The highest BCUT2D eigenvalue weighted by Gasteiger charge is 2.12. The van der Waals surface area contributed by atoms with Crippen LogP contribution in [-0.4, -0.2) is 26.8 Å². The average molecular weight is 381 g/mol. The van der Waals surface area contributed by atoms with Crippen LogP contribution in [0.3, 0.4) is 0 Å². The maximum atomic E-state index is 12.0. The molecule has 0 aliphatic carbocycles. The molecule has 3 rings (SSSR count). The van der Waals surface area contributed by atoms with Crippen LogP contribution in [0, 0.1) is 0 Å². The highest BCUT2D eigenvalue weighted by Crippen LogP contribution is 2.26. The van der Waals surface area contributed by atoms with Crippen molar-refractivity contribution in [2.45, 2.75) is 5.22 Å². The Morgan fingerprint density at radius 1 is 1.25 bits per heavy atom. The summed E-state index contributed by atoms with van der Waals surface area (Å²) in [6.07, 6.45) is 3.28. The van der Waals surface area contributed by atoms with Crippen molar-refractivity contribution in [1.82, 2.24) is 15.2 Å². The number of amides is 1. The van der Waals surface area contributed by atoms with Crippen molar-refractivity contribution >= 4 is 46.6 Å². The van der Waals surface area contributed by atoms with E-state index in [1.165, 1.54) is 0 Å². The number of hydrogen-bond acceptors (Lipinski definition) is 6. The molecule has 0 fully saturated rings. The summed E-state index contributed by atoms with van der Waals surface area (Å²) in [4.78, 5) is 16.0. The van der Waals surface area contributed by atoms with Crippen LogP contribution in [0.25, 0.3) is 11.5 Å². The number of hydrogen-bond donors (Lipinski definition) is 1. The van der Waals surface area contributed by atoms with Crippen molar-refractivity contribution in [3.05, 3.63) is 52.8 Å². The third kappa shape index (κ3) is 4.25. The number of nitrogens with zero attached hydrogens (tertiary/aromatic N) is 3. The topological polar surface area (TPSA) is 80.9 Å². The SMILES string of the molecule is O=C(CSc1nnc(-c2cccnc2)o1)Nc1ccc(Cl)cc1Cl. The molecule has 0 saturated heterocycles. The number of carbonyl (C=O) groups is 1. The first-order valence-corrected chi connectivity index (χ1v) is 8.47. The number of halogens is 2. The molecule has 2 aromatic heterocycles. The summed E-state index contributed by atoms with van der Waals surface area (Å²) in [6, 6.07) is 8.43. The Kier molecular flexibility index (Phi) is 5.34. The summed E-state index contributed by atoms with van der Waals surface area (Å²) in [5.41, 5.74) is 1.21. The van der Waals surface area contributed by atoms with Crippen molar-refractivity contribution in [2.75, 3.05) is 11.1 Å². The molecule has 0 atom stereocenters. The van der Waals surface area contributed by atoms with Gasteiger partial charge in [-0.2, -0.15) is 0 Å². The van der Waals surface area contributed by atoms with E-state index in [4.69, 9.17) is 27.6 Å². The third-order valence-electron chi connectivity index (χ3n) is 2.85. The van der Waals surface area contributed by atoms with E-state index in [1.54, 1.807) is 36.7 Å². The van der Waals surface area contributed by atoms with E-state index in [0.29, 0.717) is 32.4 Å². The largest absolute Gasteiger partial charge is 0.411 e. The minimum atomic E-state index is -0.245.